The molecule has 0 unspecified atom stereocenters. The van der Waals surface area contributed by atoms with Gasteiger partial charge < -0.3 is 5.32 Å². The molecule has 0 saturated heterocycles. The first-order chi connectivity index (χ1) is 7.36. The predicted molar refractivity (Wildman–Crippen MR) is 64.6 cm³/mol. The molecular formula is C11H10ClN2S. The molecule has 1 N–H and O–H groups in total. The van der Waals surface area contributed by atoms with Gasteiger partial charge in [-0.1, -0.05) is 23.7 Å². The molecule has 4 heteroatoms. The second kappa shape index (κ2) is 5.14. The van der Waals surface area contributed by atoms with Gasteiger partial charge >= 0.3 is 0 Å². The summed E-state index contributed by atoms with van der Waals surface area (Å²) < 4.78 is 0. The minimum atomic E-state index is 0.776. The van der Waals surface area contributed by atoms with Crippen molar-refractivity contribution in [3.8, 4) is 0 Å². The lowest BCUT2D eigenvalue weighted by atomic mass is 10.1. The molecular weight excluding hydrogens is 228 g/mol. The summed E-state index contributed by atoms with van der Waals surface area (Å²) in [5.41, 5.74) is 1.14. The number of thiazole rings is 1. The Labute approximate surface area is 97.9 Å². The third-order valence-electron chi connectivity index (χ3n) is 2.00. The average Bonchev–Trinajstić information content (AvgIpc) is 2.74. The van der Waals surface area contributed by atoms with Gasteiger partial charge in [-0.05, 0) is 24.1 Å². The largest absolute Gasteiger partial charge is 0.361 e. The second-order valence-electron chi connectivity index (χ2n) is 3.03. The van der Waals surface area contributed by atoms with E-state index in [0.717, 1.165) is 28.7 Å². The summed E-state index contributed by atoms with van der Waals surface area (Å²) in [6.07, 6.45) is 2.69. The van der Waals surface area contributed by atoms with Crippen molar-refractivity contribution in [3.63, 3.8) is 0 Å². The molecule has 0 saturated carbocycles. The SMILES string of the molecule is Clc1c[c]ccc1CCNc1nccs1. The van der Waals surface area contributed by atoms with Gasteiger partial charge in [-0.2, -0.15) is 0 Å². The highest BCUT2D eigenvalue weighted by molar-refractivity contribution is 7.13. The van der Waals surface area contributed by atoms with E-state index in [0.29, 0.717) is 0 Å². The summed E-state index contributed by atoms with van der Waals surface area (Å²) in [5.74, 6) is 0. The van der Waals surface area contributed by atoms with Crippen molar-refractivity contribution in [1.82, 2.24) is 4.98 Å². The van der Waals surface area contributed by atoms with E-state index in [2.05, 4.69) is 16.4 Å². The van der Waals surface area contributed by atoms with E-state index in [1.807, 2.05) is 17.5 Å². The lowest BCUT2D eigenvalue weighted by molar-refractivity contribution is 1.02. The molecule has 1 aromatic heterocycles. The summed E-state index contributed by atoms with van der Waals surface area (Å²) >= 11 is 7.61. The average molecular weight is 238 g/mol. The maximum Gasteiger partial charge on any atom is 0.182 e. The Morgan fingerprint density at radius 2 is 2.47 bits per heavy atom. The minimum Gasteiger partial charge on any atom is -0.361 e. The van der Waals surface area contributed by atoms with Gasteiger partial charge in [0.15, 0.2) is 5.13 Å². The van der Waals surface area contributed by atoms with Crippen molar-refractivity contribution in [3.05, 3.63) is 46.4 Å². The van der Waals surface area contributed by atoms with E-state index < -0.39 is 0 Å². The fourth-order valence-corrected chi connectivity index (χ4v) is 2.04. The van der Waals surface area contributed by atoms with Gasteiger partial charge in [-0.15, -0.1) is 11.3 Å². The molecule has 2 aromatic rings. The first-order valence-corrected chi connectivity index (χ1v) is 5.90. The number of anilines is 1. The van der Waals surface area contributed by atoms with Crippen molar-refractivity contribution in [1.29, 1.82) is 0 Å². The van der Waals surface area contributed by atoms with E-state index >= 15 is 0 Å². The Kier molecular flexibility index (Phi) is 3.59. The molecule has 0 aliphatic carbocycles. The lowest BCUT2D eigenvalue weighted by Crippen LogP contribution is -2.04. The van der Waals surface area contributed by atoms with Crippen LogP contribution < -0.4 is 5.32 Å². The Hall–Kier alpha value is -1.06. The Morgan fingerprint density at radius 1 is 1.53 bits per heavy atom. The summed E-state index contributed by atoms with van der Waals surface area (Å²) in [6.45, 7) is 0.844. The zero-order chi connectivity index (χ0) is 10.5. The van der Waals surface area contributed by atoms with Crippen molar-refractivity contribution in [2.75, 3.05) is 11.9 Å². The first-order valence-electron chi connectivity index (χ1n) is 4.64. The number of aromatic nitrogens is 1. The summed E-state index contributed by atoms with van der Waals surface area (Å²) in [7, 11) is 0. The van der Waals surface area contributed by atoms with Gasteiger partial charge in [0, 0.05) is 23.1 Å². The van der Waals surface area contributed by atoms with Crippen LogP contribution in [0.4, 0.5) is 5.13 Å². The number of nitrogens with zero attached hydrogens (tertiary/aromatic N) is 1. The maximum atomic E-state index is 6.01. The van der Waals surface area contributed by atoms with Gasteiger partial charge in [0.1, 0.15) is 0 Å². The lowest BCUT2D eigenvalue weighted by Gasteiger charge is -2.04. The topological polar surface area (TPSA) is 24.9 Å². The quantitative estimate of drug-likeness (QED) is 0.883. The molecule has 77 valence electrons. The highest BCUT2D eigenvalue weighted by Gasteiger charge is 1.99. The molecule has 1 heterocycles. The van der Waals surface area contributed by atoms with Gasteiger partial charge in [0.25, 0.3) is 0 Å². The van der Waals surface area contributed by atoms with Crippen LogP contribution in [0.2, 0.25) is 5.02 Å². The van der Waals surface area contributed by atoms with Crippen LogP contribution in [0.25, 0.3) is 0 Å². The van der Waals surface area contributed by atoms with Gasteiger partial charge in [0.05, 0.1) is 0 Å². The van der Waals surface area contributed by atoms with E-state index in [9.17, 15) is 0 Å². The van der Waals surface area contributed by atoms with E-state index in [1.54, 1.807) is 23.6 Å². The third kappa shape index (κ3) is 2.94. The smallest absolute Gasteiger partial charge is 0.182 e. The molecule has 0 spiro atoms. The Morgan fingerprint density at radius 3 is 3.20 bits per heavy atom. The molecule has 2 rings (SSSR count). The number of benzene rings is 1. The molecule has 0 aliphatic rings. The van der Waals surface area contributed by atoms with Crippen LogP contribution >= 0.6 is 22.9 Å². The van der Waals surface area contributed by atoms with Crippen LogP contribution in [0.15, 0.2) is 29.8 Å². The van der Waals surface area contributed by atoms with Gasteiger partial charge in [-0.3, -0.25) is 0 Å². The standard InChI is InChI=1S/C11H10ClN2S/c12-10-4-2-1-3-9(10)5-6-13-11-14-7-8-15-11/h1,3-4,7-8H,5-6H2,(H,13,14). The van der Waals surface area contributed by atoms with Crippen molar-refractivity contribution < 1.29 is 0 Å². The zero-order valence-electron chi connectivity index (χ0n) is 8.03. The van der Waals surface area contributed by atoms with E-state index in [-0.39, 0.29) is 0 Å². The monoisotopic (exact) mass is 237 g/mol. The predicted octanol–water partition coefficient (Wildman–Crippen LogP) is 3.25. The molecule has 2 nitrogen and oxygen atoms in total. The van der Waals surface area contributed by atoms with Crippen molar-refractivity contribution >= 4 is 28.1 Å². The van der Waals surface area contributed by atoms with E-state index in [4.69, 9.17) is 11.6 Å². The van der Waals surface area contributed by atoms with Crippen LogP contribution in [-0.4, -0.2) is 11.5 Å². The second-order valence-corrected chi connectivity index (χ2v) is 4.33. The minimum absolute atomic E-state index is 0.776. The molecule has 0 fully saturated rings. The molecule has 0 atom stereocenters. The first kappa shape index (κ1) is 10.5. The van der Waals surface area contributed by atoms with Gasteiger partial charge in [0.2, 0.25) is 0 Å². The number of halogens is 1. The molecule has 1 aromatic carbocycles. The van der Waals surface area contributed by atoms with Crippen LogP contribution in [-0.2, 0) is 6.42 Å². The molecule has 15 heavy (non-hydrogen) atoms. The highest BCUT2D eigenvalue weighted by Crippen LogP contribution is 2.16. The summed E-state index contributed by atoms with van der Waals surface area (Å²) in [4.78, 5) is 4.14. The number of nitrogens with one attached hydrogen (secondary N) is 1. The highest BCUT2D eigenvalue weighted by atomic mass is 35.5. The molecule has 0 amide bonds. The van der Waals surface area contributed by atoms with Crippen molar-refractivity contribution in [2.24, 2.45) is 0 Å². The summed E-state index contributed by atoms with van der Waals surface area (Å²) in [6, 6.07) is 8.61. The van der Waals surface area contributed by atoms with Gasteiger partial charge in [-0.25, -0.2) is 4.98 Å². The normalized spacial score (nSPS) is 10.2. The van der Waals surface area contributed by atoms with Crippen LogP contribution in [0.1, 0.15) is 5.56 Å². The van der Waals surface area contributed by atoms with Crippen LogP contribution in [0.3, 0.4) is 0 Å². The van der Waals surface area contributed by atoms with Crippen molar-refractivity contribution in [2.45, 2.75) is 6.42 Å². The maximum absolute atomic E-state index is 6.01. The Bertz CT molecular complexity index is 414. The number of rotatable bonds is 4. The van der Waals surface area contributed by atoms with Crippen LogP contribution in [0.5, 0.6) is 0 Å². The van der Waals surface area contributed by atoms with E-state index in [1.165, 1.54) is 0 Å². The Balaban J connectivity index is 1.86. The number of hydrogen-bond acceptors (Lipinski definition) is 3. The molecule has 0 aliphatic heterocycles. The molecule has 1 radical (unpaired) electrons. The third-order valence-corrected chi connectivity index (χ3v) is 3.08. The fourth-order valence-electron chi connectivity index (χ4n) is 1.26. The fraction of sp³-hybridized carbons (Fsp3) is 0.182. The summed E-state index contributed by atoms with van der Waals surface area (Å²) in [5, 5.41) is 6.92. The zero-order valence-corrected chi connectivity index (χ0v) is 9.61. The molecule has 0 bridgehead atoms. The van der Waals surface area contributed by atoms with Crippen LogP contribution in [0, 0.1) is 6.07 Å². The number of hydrogen-bond donors (Lipinski definition) is 1.